The van der Waals surface area contributed by atoms with Gasteiger partial charge in [0.1, 0.15) is 30.7 Å². The zero-order valence-electron chi connectivity index (χ0n) is 21.0. The van der Waals surface area contributed by atoms with E-state index in [-0.39, 0.29) is 86.9 Å². The second kappa shape index (κ2) is 17.1. The van der Waals surface area contributed by atoms with Gasteiger partial charge in [0.15, 0.2) is 5.13 Å². The molecule has 18 nitrogen and oxygen atoms in total. The molecule has 0 aliphatic carbocycles. The van der Waals surface area contributed by atoms with Gasteiger partial charge in [0.2, 0.25) is 5.91 Å². The molecule has 1 aromatic heterocycles. The number of rotatable bonds is 10. The molecule has 3 amide bonds. The first-order chi connectivity index (χ1) is 17.0. The van der Waals surface area contributed by atoms with Crippen LogP contribution in [0.5, 0.6) is 0 Å². The Bertz CT molecular complexity index is 1150. The van der Waals surface area contributed by atoms with Crippen LogP contribution in [0.2, 0.25) is 0 Å². The van der Waals surface area contributed by atoms with E-state index in [1.807, 2.05) is 0 Å². The Hall–Kier alpha value is -2.82. The average Bonchev–Trinajstić information content (AvgIpc) is 3.24. The van der Waals surface area contributed by atoms with Crippen molar-refractivity contribution in [2.45, 2.75) is 30.8 Å². The summed E-state index contributed by atoms with van der Waals surface area (Å²) in [5, 5.41) is 26.0. The summed E-state index contributed by atoms with van der Waals surface area (Å²) in [6, 6.07) is -2.35. The minimum Gasteiger partial charge on any atom is -0.543 e. The van der Waals surface area contributed by atoms with Crippen molar-refractivity contribution in [3.63, 3.8) is 0 Å². The van der Waals surface area contributed by atoms with Gasteiger partial charge >= 0.3 is 47.6 Å². The van der Waals surface area contributed by atoms with Crippen LogP contribution < -0.4 is 51.0 Å². The summed E-state index contributed by atoms with van der Waals surface area (Å²) in [6.07, 6.45) is -1.21. The van der Waals surface area contributed by atoms with E-state index in [4.69, 9.17) is 15.6 Å². The topological polar surface area (TPSA) is 325 Å². The molecule has 218 valence electrons. The first-order valence-electron chi connectivity index (χ1n) is 10.1. The third-order valence-corrected chi connectivity index (χ3v) is 6.97. The van der Waals surface area contributed by atoms with E-state index in [0.29, 0.717) is 0 Å². The van der Waals surface area contributed by atoms with Crippen LogP contribution in [-0.4, -0.2) is 104 Å². The van der Waals surface area contributed by atoms with Crippen molar-refractivity contribution in [3.05, 3.63) is 22.3 Å². The predicted molar refractivity (Wildman–Crippen MR) is 131 cm³/mol. The molecular weight excluding hydrogens is 593 g/mol. The van der Waals surface area contributed by atoms with Gasteiger partial charge in [0, 0.05) is 23.6 Å². The maximum atomic E-state index is 12.6. The summed E-state index contributed by atoms with van der Waals surface area (Å²) in [5.74, 6) is -4.59. The van der Waals surface area contributed by atoms with Crippen LogP contribution in [0, 0.1) is 0 Å². The summed E-state index contributed by atoms with van der Waals surface area (Å²) in [5.41, 5.74) is 5.35. The Morgan fingerprint density at radius 1 is 1.25 bits per heavy atom. The number of aromatic nitrogens is 1. The predicted octanol–water partition coefficient (Wildman–Crippen LogP) is -7.86. The van der Waals surface area contributed by atoms with E-state index in [1.54, 1.807) is 0 Å². The molecule has 11 N–H and O–H groups in total. The number of carboxylic acid groups (broad SMARTS) is 2. The quantitative estimate of drug-likeness (QED) is 0.107. The third-order valence-electron chi connectivity index (χ3n) is 4.82. The molecule has 3 atom stereocenters. The fourth-order valence-electron chi connectivity index (χ4n) is 3.17. The minimum absolute atomic E-state index is 0. The fraction of sp³-hybridized carbons (Fsp3) is 0.421. The molecule has 21 heteroatoms. The first kappa shape index (κ1) is 39.3. The number of nitrogens with one attached hydrogen (secondary N) is 2. The number of anilines is 1. The van der Waals surface area contributed by atoms with Crippen molar-refractivity contribution >= 4 is 64.0 Å². The number of esters is 1. The second-order valence-corrected chi connectivity index (χ2v) is 9.43. The first-order valence-corrected chi connectivity index (χ1v) is 12.1. The number of thioether (sulfide) groups is 1. The van der Waals surface area contributed by atoms with Gasteiger partial charge in [0.05, 0.1) is 23.8 Å². The summed E-state index contributed by atoms with van der Waals surface area (Å²) in [4.78, 5) is 75.1. The Kier molecular flexibility index (Phi) is 16.8. The van der Waals surface area contributed by atoms with E-state index in [1.165, 1.54) is 24.1 Å². The smallest absolute Gasteiger partial charge is 0.543 e. The monoisotopic (exact) mass is 619 g/mol. The van der Waals surface area contributed by atoms with Gasteiger partial charge in [0.25, 0.3) is 5.91 Å². The average molecular weight is 620 g/mol. The Balaban J connectivity index is 0. The van der Waals surface area contributed by atoms with Gasteiger partial charge in [-0.05, 0) is 0 Å². The Morgan fingerprint density at radius 2 is 1.90 bits per heavy atom. The molecule has 0 radical (unpaired) electrons. The van der Waals surface area contributed by atoms with Crippen molar-refractivity contribution in [1.82, 2.24) is 15.2 Å². The SMILES string of the molecule is CC(=O)OCC1=C(C(=O)[O-])N2C(=O)[C@@H](NC(=O)Cc3csc(NC(=O)OC[C@@H](N)C(=O)O)n3)[C@@H]2SC1.O.O.O.[Na+]. The molecule has 0 unspecified atom stereocenters. The fourth-order valence-corrected chi connectivity index (χ4v) is 5.19. The maximum Gasteiger partial charge on any atom is 1.00 e. The van der Waals surface area contributed by atoms with Crippen LogP contribution in [-0.2, 0) is 39.9 Å². The number of carboxylic acids is 2. The summed E-state index contributed by atoms with van der Waals surface area (Å²) < 4.78 is 9.51. The molecule has 0 spiro atoms. The van der Waals surface area contributed by atoms with E-state index in [2.05, 4.69) is 20.4 Å². The molecule has 1 saturated heterocycles. The zero-order chi connectivity index (χ0) is 26.6. The molecule has 3 rings (SSSR count). The Labute approximate surface area is 255 Å². The number of hydrogen-bond acceptors (Lipinski definition) is 13. The molecule has 2 aliphatic rings. The number of ether oxygens (including phenoxy) is 2. The van der Waals surface area contributed by atoms with Gasteiger partial charge < -0.3 is 52.0 Å². The summed E-state index contributed by atoms with van der Waals surface area (Å²) >= 11 is 2.19. The number of carbonyl (C=O) groups excluding carboxylic acids is 5. The van der Waals surface area contributed by atoms with Crippen molar-refractivity contribution < 1.29 is 94.4 Å². The molecule has 0 bridgehead atoms. The van der Waals surface area contributed by atoms with Gasteiger partial charge in [-0.15, -0.1) is 23.1 Å². The number of hydrogen-bond donors (Lipinski definition) is 4. The number of amides is 3. The van der Waals surface area contributed by atoms with Crippen LogP contribution >= 0.6 is 23.1 Å². The van der Waals surface area contributed by atoms with E-state index < -0.39 is 59.9 Å². The number of nitrogens with zero attached hydrogens (tertiary/aromatic N) is 2. The Morgan fingerprint density at radius 3 is 2.48 bits per heavy atom. The standard InChI is InChI=1S/C19H21N5O10S2.Na.3H2O/c1-7(25)33-3-8-5-35-15-12(14(27)24(15)13(8)17(30)31)22-11(26)2-9-6-36-18(21-9)23-19(32)34-4-10(20)16(28)29;;;;/h6,10,12,15H,2-5,20H2,1H3,(H,22,26)(H,28,29)(H,30,31)(H,21,23,32);;3*1H2/q;+1;;;/p-1/t10-,12-,15+;;;;/m1..../s1. The molecule has 0 aromatic carbocycles. The number of aliphatic carboxylic acids is 2. The van der Waals surface area contributed by atoms with Gasteiger partial charge in [-0.2, -0.15) is 0 Å². The third kappa shape index (κ3) is 9.67. The van der Waals surface area contributed by atoms with Crippen LogP contribution in [0.1, 0.15) is 12.6 Å². The van der Waals surface area contributed by atoms with Crippen LogP contribution in [0.15, 0.2) is 16.7 Å². The molecule has 2 aliphatic heterocycles. The van der Waals surface area contributed by atoms with Gasteiger partial charge in [-0.1, -0.05) is 0 Å². The van der Waals surface area contributed by atoms with E-state index in [0.717, 1.165) is 16.2 Å². The molecule has 1 aromatic rings. The van der Waals surface area contributed by atoms with Crippen LogP contribution in [0.25, 0.3) is 0 Å². The van der Waals surface area contributed by atoms with Crippen LogP contribution in [0.3, 0.4) is 0 Å². The number of fused-ring (bicyclic) bond motifs is 1. The van der Waals surface area contributed by atoms with E-state index >= 15 is 0 Å². The molecular formula is C19H26N5NaO13S2. The van der Waals surface area contributed by atoms with Crippen molar-refractivity contribution in [2.24, 2.45) is 5.73 Å². The largest absolute Gasteiger partial charge is 1.00 e. The maximum absolute atomic E-state index is 12.6. The van der Waals surface area contributed by atoms with Gasteiger partial charge in [-0.25, -0.2) is 9.78 Å². The normalized spacial score (nSPS) is 17.6. The van der Waals surface area contributed by atoms with Crippen molar-refractivity contribution in [2.75, 3.05) is 24.3 Å². The number of β-lactam (4-membered cyclic amide) rings is 1. The molecule has 3 heterocycles. The van der Waals surface area contributed by atoms with Gasteiger partial charge in [-0.3, -0.25) is 29.4 Å². The van der Waals surface area contributed by atoms with Crippen molar-refractivity contribution in [1.29, 1.82) is 0 Å². The summed E-state index contributed by atoms with van der Waals surface area (Å²) in [7, 11) is 0. The number of thiazole rings is 1. The zero-order valence-corrected chi connectivity index (χ0v) is 24.7. The summed E-state index contributed by atoms with van der Waals surface area (Å²) in [6.45, 7) is 0.330. The number of nitrogens with two attached hydrogens (primary N) is 1. The molecule has 0 saturated carbocycles. The second-order valence-electron chi connectivity index (χ2n) is 7.46. The van der Waals surface area contributed by atoms with Crippen LogP contribution in [0.4, 0.5) is 9.93 Å². The van der Waals surface area contributed by atoms with Crippen molar-refractivity contribution in [3.8, 4) is 0 Å². The van der Waals surface area contributed by atoms with E-state index in [9.17, 15) is 33.9 Å². The molecule has 40 heavy (non-hydrogen) atoms. The number of carbonyl (C=O) groups is 6. The minimum atomic E-state index is -1.59. The molecule has 1 fully saturated rings.